The van der Waals surface area contributed by atoms with Crippen molar-refractivity contribution < 1.29 is 0 Å². The normalized spacial score (nSPS) is 10.3. The third kappa shape index (κ3) is 2.76. The molecule has 3 heteroatoms. The standard InChI is InChI=1S/C12H8Cl2Se/c13-10-7-4-8-11(12(10)14)15-9-5-2-1-3-6-9/h1-8H. The molecule has 0 unspecified atom stereocenters. The van der Waals surface area contributed by atoms with Crippen LogP contribution in [0.2, 0.25) is 10.0 Å². The maximum atomic E-state index is 6.13. The quantitative estimate of drug-likeness (QED) is 0.748. The van der Waals surface area contributed by atoms with Gasteiger partial charge in [-0.25, -0.2) is 0 Å². The Bertz CT molecular complexity index is 454. The van der Waals surface area contributed by atoms with E-state index < -0.39 is 0 Å². The van der Waals surface area contributed by atoms with E-state index in [0.717, 1.165) is 4.46 Å². The van der Waals surface area contributed by atoms with Crippen LogP contribution in [0.15, 0.2) is 48.5 Å². The van der Waals surface area contributed by atoms with Crippen LogP contribution in [0.4, 0.5) is 0 Å². The molecular weight excluding hydrogens is 294 g/mol. The first-order valence-corrected chi connectivity index (χ1v) is 6.91. The van der Waals surface area contributed by atoms with Gasteiger partial charge in [0, 0.05) is 0 Å². The topological polar surface area (TPSA) is 0 Å². The Hall–Kier alpha value is -0.461. The third-order valence-corrected chi connectivity index (χ3v) is 5.20. The molecule has 2 aromatic carbocycles. The fourth-order valence-corrected chi connectivity index (χ4v) is 3.68. The van der Waals surface area contributed by atoms with E-state index in [1.807, 2.05) is 36.4 Å². The first-order chi connectivity index (χ1) is 7.27. The zero-order chi connectivity index (χ0) is 10.7. The second-order valence-corrected chi connectivity index (χ2v) is 6.09. The summed E-state index contributed by atoms with van der Waals surface area (Å²) in [6.45, 7) is 0. The molecule has 0 heterocycles. The molecule has 0 aromatic heterocycles. The molecule has 76 valence electrons. The van der Waals surface area contributed by atoms with Crippen LogP contribution < -0.4 is 8.92 Å². The van der Waals surface area contributed by atoms with Gasteiger partial charge in [-0.05, 0) is 0 Å². The van der Waals surface area contributed by atoms with Crippen LogP contribution in [0.5, 0.6) is 0 Å². The molecule has 0 spiro atoms. The monoisotopic (exact) mass is 302 g/mol. The van der Waals surface area contributed by atoms with Crippen LogP contribution in [0, 0.1) is 0 Å². The molecule has 0 nitrogen and oxygen atoms in total. The van der Waals surface area contributed by atoms with Gasteiger partial charge in [-0.15, -0.1) is 0 Å². The van der Waals surface area contributed by atoms with Crippen molar-refractivity contribution in [2.24, 2.45) is 0 Å². The van der Waals surface area contributed by atoms with Crippen molar-refractivity contribution in [2.75, 3.05) is 0 Å². The summed E-state index contributed by atoms with van der Waals surface area (Å²) in [5.41, 5.74) is 0. The minimum absolute atomic E-state index is 0.225. The Kier molecular flexibility index (Phi) is 3.71. The van der Waals surface area contributed by atoms with Gasteiger partial charge in [0.25, 0.3) is 0 Å². The van der Waals surface area contributed by atoms with Gasteiger partial charge in [-0.2, -0.15) is 0 Å². The van der Waals surface area contributed by atoms with E-state index in [1.54, 1.807) is 0 Å². The maximum absolute atomic E-state index is 6.13. The van der Waals surface area contributed by atoms with E-state index in [-0.39, 0.29) is 15.0 Å². The summed E-state index contributed by atoms with van der Waals surface area (Å²) in [7, 11) is 0. The molecule has 0 radical (unpaired) electrons. The summed E-state index contributed by atoms with van der Waals surface area (Å²) in [5.74, 6) is 0. The Balaban J connectivity index is 2.29. The fourth-order valence-electron chi connectivity index (χ4n) is 1.18. The van der Waals surface area contributed by atoms with E-state index in [0.29, 0.717) is 10.0 Å². The predicted octanol–water partition coefficient (Wildman–Crippen LogP) is 2.65. The van der Waals surface area contributed by atoms with Crippen LogP contribution in [-0.2, 0) is 0 Å². The average molecular weight is 302 g/mol. The molecule has 0 aliphatic carbocycles. The Morgan fingerprint density at radius 1 is 0.800 bits per heavy atom. The molecule has 0 fully saturated rings. The molecule has 0 saturated heterocycles. The SMILES string of the molecule is Clc1cccc([Se]c2ccccc2)c1Cl. The number of benzene rings is 2. The van der Waals surface area contributed by atoms with Crippen molar-refractivity contribution in [1.82, 2.24) is 0 Å². The first kappa shape index (κ1) is 11.0. The van der Waals surface area contributed by atoms with Crippen LogP contribution in [0.1, 0.15) is 0 Å². The van der Waals surface area contributed by atoms with Crippen molar-refractivity contribution >= 4 is 47.1 Å². The number of rotatable bonds is 2. The molecule has 2 rings (SSSR count). The average Bonchev–Trinajstić information content (AvgIpc) is 2.26. The second-order valence-electron chi connectivity index (χ2n) is 2.97. The fraction of sp³-hybridized carbons (Fsp3) is 0. The summed E-state index contributed by atoms with van der Waals surface area (Å²) in [4.78, 5) is 0. The molecule has 0 amide bonds. The molecule has 0 bridgehead atoms. The predicted molar refractivity (Wildman–Crippen MR) is 67.9 cm³/mol. The molecule has 0 aliphatic heterocycles. The number of hydrogen-bond acceptors (Lipinski definition) is 0. The first-order valence-electron chi connectivity index (χ1n) is 4.44. The van der Waals surface area contributed by atoms with Crippen molar-refractivity contribution in [1.29, 1.82) is 0 Å². The van der Waals surface area contributed by atoms with Gasteiger partial charge in [0.05, 0.1) is 0 Å². The van der Waals surface area contributed by atoms with E-state index in [2.05, 4.69) is 12.1 Å². The van der Waals surface area contributed by atoms with Crippen molar-refractivity contribution in [3.8, 4) is 0 Å². The molecule has 0 atom stereocenters. The minimum atomic E-state index is 0.225. The van der Waals surface area contributed by atoms with Crippen molar-refractivity contribution in [3.63, 3.8) is 0 Å². The summed E-state index contributed by atoms with van der Waals surface area (Å²) in [5, 5.41) is 1.31. The molecule has 0 saturated carbocycles. The van der Waals surface area contributed by atoms with Gasteiger partial charge in [0.1, 0.15) is 0 Å². The van der Waals surface area contributed by atoms with Gasteiger partial charge in [-0.1, -0.05) is 0 Å². The van der Waals surface area contributed by atoms with E-state index in [4.69, 9.17) is 23.2 Å². The Morgan fingerprint density at radius 3 is 2.27 bits per heavy atom. The van der Waals surface area contributed by atoms with Gasteiger partial charge in [0.2, 0.25) is 0 Å². The van der Waals surface area contributed by atoms with E-state index in [1.165, 1.54) is 4.46 Å². The van der Waals surface area contributed by atoms with Gasteiger partial charge >= 0.3 is 106 Å². The van der Waals surface area contributed by atoms with Gasteiger partial charge in [0.15, 0.2) is 0 Å². The summed E-state index contributed by atoms with van der Waals surface area (Å²) in [6.07, 6.45) is 0. The van der Waals surface area contributed by atoms with Crippen molar-refractivity contribution in [3.05, 3.63) is 58.6 Å². The second kappa shape index (κ2) is 5.05. The zero-order valence-corrected chi connectivity index (χ0v) is 11.0. The van der Waals surface area contributed by atoms with Crippen LogP contribution in [0.25, 0.3) is 0 Å². The van der Waals surface area contributed by atoms with E-state index >= 15 is 0 Å². The summed E-state index contributed by atoms with van der Waals surface area (Å²) in [6, 6.07) is 16.1. The van der Waals surface area contributed by atoms with E-state index in [9.17, 15) is 0 Å². The Labute approximate surface area is 105 Å². The molecule has 0 aliphatic rings. The molecule has 0 N–H and O–H groups in total. The van der Waals surface area contributed by atoms with Crippen LogP contribution >= 0.6 is 23.2 Å². The molecule has 2 aromatic rings. The third-order valence-electron chi connectivity index (χ3n) is 1.89. The van der Waals surface area contributed by atoms with Gasteiger partial charge in [-0.3, -0.25) is 0 Å². The molecule has 15 heavy (non-hydrogen) atoms. The van der Waals surface area contributed by atoms with Crippen LogP contribution in [0.3, 0.4) is 0 Å². The van der Waals surface area contributed by atoms with Gasteiger partial charge < -0.3 is 0 Å². The molecular formula is C12H8Cl2Se. The van der Waals surface area contributed by atoms with Crippen LogP contribution in [-0.4, -0.2) is 15.0 Å². The zero-order valence-electron chi connectivity index (χ0n) is 7.78. The Morgan fingerprint density at radius 2 is 1.53 bits per heavy atom. The summed E-state index contributed by atoms with van der Waals surface area (Å²) >= 11 is 12.3. The number of halogens is 2. The summed E-state index contributed by atoms with van der Waals surface area (Å²) < 4.78 is 2.43. The van der Waals surface area contributed by atoms with Crippen molar-refractivity contribution in [2.45, 2.75) is 0 Å². The number of hydrogen-bond donors (Lipinski definition) is 0.